The van der Waals surface area contributed by atoms with Gasteiger partial charge in [0.2, 0.25) is 0 Å². The van der Waals surface area contributed by atoms with E-state index in [9.17, 15) is 4.79 Å². The molecule has 0 fully saturated rings. The summed E-state index contributed by atoms with van der Waals surface area (Å²) >= 11 is 6.20. The molecule has 1 N–H and O–H groups in total. The Morgan fingerprint density at radius 2 is 2.00 bits per heavy atom. The predicted molar refractivity (Wildman–Crippen MR) is 111 cm³/mol. The second-order valence-electron chi connectivity index (χ2n) is 6.84. The molecule has 28 heavy (non-hydrogen) atoms. The molecule has 2 aromatic heterocycles. The highest BCUT2D eigenvalue weighted by molar-refractivity contribution is 6.32. The van der Waals surface area contributed by atoms with Crippen molar-refractivity contribution in [3.63, 3.8) is 0 Å². The molecule has 2 aromatic carbocycles. The topological polar surface area (TPSA) is 60.1 Å². The number of halogens is 1. The van der Waals surface area contributed by atoms with E-state index in [0.29, 0.717) is 16.3 Å². The molecule has 0 aliphatic rings. The van der Waals surface area contributed by atoms with Gasteiger partial charge in [0.1, 0.15) is 5.58 Å². The molecule has 2 heterocycles. The van der Waals surface area contributed by atoms with Gasteiger partial charge in [0.25, 0.3) is 5.91 Å². The van der Waals surface area contributed by atoms with E-state index in [1.165, 1.54) is 5.56 Å². The molecular weight excluding hydrogens is 374 g/mol. The Balaban J connectivity index is 1.47. The molecular formula is C22H20ClN3O2. The smallest absolute Gasteiger partial charge is 0.291 e. The number of benzene rings is 2. The third-order valence-corrected chi connectivity index (χ3v) is 5.19. The first-order valence-electron chi connectivity index (χ1n) is 9.08. The fraction of sp³-hybridized carbons (Fsp3) is 0.182. The largest absolute Gasteiger partial charge is 0.451 e. The zero-order valence-electron chi connectivity index (χ0n) is 15.7. The van der Waals surface area contributed by atoms with Crippen molar-refractivity contribution in [2.45, 2.75) is 26.8 Å². The fourth-order valence-electron chi connectivity index (χ4n) is 3.18. The van der Waals surface area contributed by atoms with Crippen LogP contribution in [0, 0.1) is 13.8 Å². The summed E-state index contributed by atoms with van der Waals surface area (Å²) in [4.78, 5) is 12.7. The fourth-order valence-corrected chi connectivity index (χ4v) is 3.35. The second-order valence-corrected chi connectivity index (χ2v) is 7.24. The normalized spacial score (nSPS) is 11.1. The van der Waals surface area contributed by atoms with Crippen molar-refractivity contribution in [2.24, 2.45) is 0 Å². The van der Waals surface area contributed by atoms with E-state index < -0.39 is 0 Å². The van der Waals surface area contributed by atoms with Gasteiger partial charge in [-0.05, 0) is 43.5 Å². The molecule has 0 spiro atoms. The van der Waals surface area contributed by atoms with Crippen LogP contribution in [0.2, 0.25) is 5.02 Å². The molecule has 4 aromatic rings. The van der Waals surface area contributed by atoms with Gasteiger partial charge in [-0.1, -0.05) is 41.9 Å². The van der Waals surface area contributed by atoms with Crippen LogP contribution in [-0.2, 0) is 13.0 Å². The molecule has 6 heteroatoms. The summed E-state index contributed by atoms with van der Waals surface area (Å²) in [6.07, 6.45) is 4.33. The Morgan fingerprint density at radius 3 is 2.79 bits per heavy atom. The number of hydrogen-bond donors (Lipinski definition) is 1. The Morgan fingerprint density at radius 1 is 1.21 bits per heavy atom. The summed E-state index contributed by atoms with van der Waals surface area (Å²) in [5, 5.41) is 8.68. The standard InChI is InChI=1S/C22H20ClN3O2/c1-14-10-20-18(11-19(14)23)15(2)21(28-20)22(27)25-17-12-24-26(13-17)9-8-16-6-4-3-5-7-16/h3-7,10-13H,8-9H2,1-2H3,(H,25,27). The van der Waals surface area contributed by atoms with E-state index in [-0.39, 0.29) is 11.7 Å². The molecule has 4 rings (SSSR count). The molecule has 0 radical (unpaired) electrons. The average Bonchev–Trinajstić information content (AvgIpc) is 3.26. The number of nitrogens with zero attached hydrogens (tertiary/aromatic N) is 2. The minimum atomic E-state index is -0.301. The molecule has 0 bridgehead atoms. The van der Waals surface area contributed by atoms with Gasteiger partial charge in [0.15, 0.2) is 5.76 Å². The monoisotopic (exact) mass is 393 g/mol. The highest BCUT2D eigenvalue weighted by atomic mass is 35.5. The quantitative estimate of drug-likeness (QED) is 0.494. The zero-order chi connectivity index (χ0) is 19.7. The zero-order valence-corrected chi connectivity index (χ0v) is 16.5. The maximum atomic E-state index is 12.7. The number of carbonyl (C=O) groups excluding carboxylic acids is 1. The van der Waals surface area contributed by atoms with E-state index in [2.05, 4.69) is 22.5 Å². The van der Waals surface area contributed by atoms with Crippen LogP contribution < -0.4 is 5.32 Å². The molecule has 0 aliphatic heterocycles. The van der Waals surface area contributed by atoms with Crippen LogP contribution in [0.3, 0.4) is 0 Å². The Hall–Kier alpha value is -3.05. The lowest BCUT2D eigenvalue weighted by Crippen LogP contribution is -2.11. The number of rotatable bonds is 5. The van der Waals surface area contributed by atoms with Crippen LogP contribution in [0.25, 0.3) is 11.0 Å². The summed E-state index contributed by atoms with van der Waals surface area (Å²) in [6, 6.07) is 13.9. The maximum Gasteiger partial charge on any atom is 0.291 e. The van der Waals surface area contributed by atoms with Crippen molar-refractivity contribution in [3.05, 3.63) is 82.3 Å². The Labute approximate surface area is 167 Å². The molecule has 5 nitrogen and oxygen atoms in total. The number of hydrogen-bond acceptors (Lipinski definition) is 3. The van der Waals surface area contributed by atoms with Gasteiger partial charge >= 0.3 is 0 Å². The lowest BCUT2D eigenvalue weighted by Gasteiger charge is -2.02. The molecule has 142 valence electrons. The molecule has 0 saturated heterocycles. The van der Waals surface area contributed by atoms with Crippen LogP contribution in [-0.4, -0.2) is 15.7 Å². The highest BCUT2D eigenvalue weighted by Crippen LogP contribution is 2.30. The number of nitrogens with one attached hydrogen (secondary N) is 1. The molecule has 1 amide bonds. The van der Waals surface area contributed by atoms with Crippen molar-refractivity contribution in [3.8, 4) is 0 Å². The Kier molecular flexibility index (Phi) is 4.92. The van der Waals surface area contributed by atoms with Crippen molar-refractivity contribution < 1.29 is 9.21 Å². The molecule has 0 unspecified atom stereocenters. The summed E-state index contributed by atoms with van der Waals surface area (Å²) < 4.78 is 7.60. The van der Waals surface area contributed by atoms with Crippen LogP contribution in [0.15, 0.2) is 59.3 Å². The van der Waals surface area contributed by atoms with Crippen LogP contribution in [0.4, 0.5) is 5.69 Å². The lowest BCUT2D eigenvalue weighted by molar-refractivity contribution is 0.0998. The van der Waals surface area contributed by atoms with Crippen LogP contribution >= 0.6 is 11.6 Å². The number of aryl methyl sites for hydroxylation is 4. The number of amides is 1. The summed E-state index contributed by atoms with van der Waals surface area (Å²) in [5.41, 5.74) is 4.21. The number of furan rings is 1. The molecule has 0 aliphatic carbocycles. The van der Waals surface area contributed by atoms with Gasteiger partial charge in [-0.15, -0.1) is 0 Å². The minimum Gasteiger partial charge on any atom is -0.451 e. The van der Waals surface area contributed by atoms with Crippen LogP contribution in [0.1, 0.15) is 27.2 Å². The number of fused-ring (bicyclic) bond motifs is 1. The van der Waals surface area contributed by atoms with Gasteiger partial charge in [-0.25, -0.2) is 0 Å². The van der Waals surface area contributed by atoms with Gasteiger partial charge in [0.05, 0.1) is 11.9 Å². The molecule has 0 saturated carbocycles. The van der Waals surface area contributed by atoms with Crippen molar-refractivity contribution in [1.82, 2.24) is 9.78 Å². The first-order chi connectivity index (χ1) is 13.5. The number of aromatic nitrogens is 2. The minimum absolute atomic E-state index is 0.286. The van der Waals surface area contributed by atoms with Gasteiger partial charge in [0, 0.05) is 28.7 Å². The number of carbonyl (C=O) groups is 1. The van der Waals surface area contributed by atoms with E-state index in [4.69, 9.17) is 16.0 Å². The van der Waals surface area contributed by atoms with Crippen LogP contribution in [0.5, 0.6) is 0 Å². The van der Waals surface area contributed by atoms with Crippen molar-refractivity contribution in [2.75, 3.05) is 5.32 Å². The summed E-state index contributed by atoms with van der Waals surface area (Å²) in [6.45, 7) is 4.50. The van der Waals surface area contributed by atoms with E-state index in [1.807, 2.05) is 55.1 Å². The highest BCUT2D eigenvalue weighted by Gasteiger charge is 2.19. The average molecular weight is 394 g/mol. The first kappa shape index (κ1) is 18.3. The Bertz CT molecular complexity index is 1150. The lowest BCUT2D eigenvalue weighted by atomic mass is 10.1. The van der Waals surface area contributed by atoms with E-state index >= 15 is 0 Å². The SMILES string of the molecule is Cc1cc2oc(C(=O)Nc3cnn(CCc4ccccc4)c3)c(C)c2cc1Cl. The second kappa shape index (κ2) is 7.52. The third kappa shape index (κ3) is 3.66. The maximum absolute atomic E-state index is 12.7. The first-order valence-corrected chi connectivity index (χ1v) is 9.46. The number of anilines is 1. The van der Waals surface area contributed by atoms with Gasteiger partial charge in [-0.2, -0.15) is 5.10 Å². The van der Waals surface area contributed by atoms with Gasteiger partial charge < -0.3 is 9.73 Å². The third-order valence-electron chi connectivity index (χ3n) is 4.79. The van der Waals surface area contributed by atoms with Gasteiger partial charge in [-0.3, -0.25) is 9.48 Å². The van der Waals surface area contributed by atoms with E-state index in [1.54, 1.807) is 6.20 Å². The summed E-state index contributed by atoms with van der Waals surface area (Å²) in [5.74, 6) is -0.0150. The predicted octanol–water partition coefficient (Wildman–Crippen LogP) is 5.39. The van der Waals surface area contributed by atoms with E-state index in [0.717, 1.165) is 29.5 Å². The molecule has 0 atom stereocenters. The van der Waals surface area contributed by atoms with Crippen molar-refractivity contribution in [1.29, 1.82) is 0 Å². The van der Waals surface area contributed by atoms with Crippen molar-refractivity contribution >= 4 is 34.2 Å². The summed E-state index contributed by atoms with van der Waals surface area (Å²) in [7, 11) is 0.